The van der Waals surface area contributed by atoms with Gasteiger partial charge in [0.1, 0.15) is 5.82 Å². The lowest BCUT2D eigenvalue weighted by Crippen LogP contribution is -2.26. The molecule has 0 bridgehead atoms. The van der Waals surface area contributed by atoms with Gasteiger partial charge in [-0.15, -0.1) is 0 Å². The second-order valence-electron chi connectivity index (χ2n) is 3.83. The van der Waals surface area contributed by atoms with Crippen molar-refractivity contribution in [2.24, 2.45) is 0 Å². The van der Waals surface area contributed by atoms with Crippen molar-refractivity contribution in [2.45, 2.75) is 18.2 Å². The molecule has 1 amide bonds. The Morgan fingerprint density at radius 3 is 2.81 bits per heavy atom. The van der Waals surface area contributed by atoms with Crippen LogP contribution in [-0.2, 0) is 4.79 Å². The fourth-order valence-corrected chi connectivity index (χ4v) is 2.59. The molecule has 5 heteroatoms. The number of hydrogen-bond donors (Lipinski definition) is 0. The van der Waals surface area contributed by atoms with Gasteiger partial charge < -0.3 is 4.90 Å². The minimum Gasteiger partial charge on any atom is -0.307 e. The van der Waals surface area contributed by atoms with Gasteiger partial charge in [0.15, 0.2) is 0 Å². The molecular formula is C11H10BrClFNO. The maximum atomic E-state index is 13.7. The van der Waals surface area contributed by atoms with Gasteiger partial charge in [-0.05, 0) is 18.6 Å². The van der Waals surface area contributed by atoms with E-state index in [2.05, 4.69) is 15.9 Å². The average molecular weight is 307 g/mol. The number of amides is 1. The van der Waals surface area contributed by atoms with Crippen LogP contribution in [-0.4, -0.2) is 17.3 Å². The van der Waals surface area contributed by atoms with E-state index in [0.717, 1.165) is 5.56 Å². The lowest BCUT2D eigenvalue weighted by Gasteiger charge is -2.19. The van der Waals surface area contributed by atoms with Crippen LogP contribution in [0, 0.1) is 12.7 Å². The molecule has 2 nitrogen and oxygen atoms in total. The quantitative estimate of drug-likeness (QED) is 0.729. The highest BCUT2D eigenvalue weighted by atomic mass is 79.9. The molecule has 0 spiro atoms. The Morgan fingerprint density at radius 2 is 2.25 bits per heavy atom. The molecular weight excluding hydrogens is 296 g/mol. The molecule has 1 atom stereocenters. The zero-order valence-electron chi connectivity index (χ0n) is 8.64. The van der Waals surface area contributed by atoms with E-state index >= 15 is 0 Å². The van der Waals surface area contributed by atoms with Crippen LogP contribution >= 0.6 is 27.5 Å². The van der Waals surface area contributed by atoms with E-state index in [1.165, 1.54) is 11.0 Å². The van der Waals surface area contributed by atoms with Crippen LogP contribution in [0.1, 0.15) is 12.0 Å². The van der Waals surface area contributed by atoms with Crippen molar-refractivity contribution in [1.29, 1.82) is 0 Å². The first-order valence-electron chi connectivity index (χ1n) is 4.89. The lowest BCUT2D eigenvalue weighted by atomic mass is 10.2. The van der Waals surface area contributed by atoms with Crippen LogP contribution in [0.3, 0.4) is 0 Å². The summed E-state index contributed by atoms with van der Waals surface area (Å²) in [6, 6.07) is 2.94. The Bertz CT molecular complexity index is 452. The molecule has 0 aromatic heterocycles. The topological polar surface area (TPSA) is 20.3 Å². The number of anilines is 1. The monoisotopic (exact) mass is 305 g/mol. The summed E-state index contributed by atoms with van der Waals surface area (Å²) in [5.41, 5.74) is 0.970. The van der Waals surface area contributed by atoms with Gasteiger partial charge in [0, 0.05) is 17.8 Å². The first kappa shape index (κ1) is 11.9. The van der Waals surface area contributed by atoms with Gasteiger partial charge >= 0.3 is 0 Å². The molecule has 1 aromatic rings. The van der Waals surface area contributed by atoms with Crippen molar-refractivity contribution < 1.29 is 9.18 Å². The summed E-state index contributed by atoms with van der Waals surface area (Å²) in [5, 5.41) is 0.315. The van der Waals surface area contributed by atoms with Crippen molar-refractivity contribution in [3.8, 4) is 0 Å². The summed E-state index contributed by atoms with van der Waals surface area (Å²) < 4.78 is 13.7. The first-order chi connectivity index (χ1) is 7.50. The molecule has 1 heterocycles. The maximum absolute atomic E-state index is 13.7. The summed E-state index contributed by atoms with van der Waals surface area (Å²) in [6.07, 6.45) is 0.379. The molecule has 0 aliphatic carbocycles. The largest absolute Gasteiger partial charge is 0.307 e. The van der Waals surface area contributed by atoms with Gasteiger partial charge in [0.05, 0.1) is 10.7 Å². The normalized spacial score (nSPS) is 20.6. The number of carbonyl (C=O) groups excluding carboxylic acids is 1. The van der Waals surface area contributed by atoms with Crippen LogP contribution in [0.25, 0.3) is 0 Å². The van der Waals surface area contributed by atoms with Crippen LogP contribution in [0.2, 0.25) is 5.02 Å². The SMILES string of the molecule is Cc1ccc(F)c(N2CC(Br)CC2=O)c1Cl. The van der Waals surface area contributed by atoms with E-state index in [4.69, 9.17) is 11.6 Å². The van der Waals surface area contributed by atoms with Crippen LogP contribution in [0.5, 0.6) is 0 Å². The Balaban J connectivity index is 2.48. The predicted octanol–water partition coefficient (Wildman–Crippen LogP) is 3.29. The summed E-state index contributed by atoms with van der Waals surface area (Å²) in [4.78, 5) is 13.1. The van der Waals surface area contributed by atoms with Crippen molar-refractivity contribution in [2.75, 3.05) is 11.4 Å². The Morgan fingerprint density at radius 1 is 1.56 bits per heavy atom. The highest BCUT2D eigenvalue weighted by Crippen LogP contribution is 2.35. The third kappa shape index (κ3) is 1.96. The van der Waals surface area contributed by atoms with Crippen molar-refractivity contribution in [3.63, 3.8) is 0 Å². The third-order valence-electron chi connectivity index (χ3n) is 2.61. The third-order valence-corrected chi connectivity index (χ3v) is 3.70. The van der Waals surface area contributed by atoms with Crippen molar-refractivity contribution in [1.82, 2.24) is 0 Å². The van der Waals surface area contributed by atoms with Crippen molar-refractivity contribution in [3.05, 3.63) is 28.5 Å². The molecule has 1 fully saturated rings. The number of hydrogen-bond acceptors (Lipinski definition) is 1. The number of halogens is 3. The van der Waals surface area contributed by atoms with Gasteiger partial charge in [-0.1, -0.05) is 33.6 Å². The minimum absolute atomic E-state index is 0.0657. The maximum Gasteiger partial charge on any atom is 0.228 e. The van der Waals surface area contributed by atoms with E-state index in [1.54, 1.807) is 13.0 Å². The lowest BCUT2D eigenvalue weighted by molar-refractivity contribution is -0.117. The van der Waals surface area contributed by atoms with Gasteiger partial charge in [-0.25, -0.2) is 4.39 Å². The molecule has 1 aliphatic heterocycles. The molecule has 86 valence electrons. The zero-order chi connectivity index (χ0) is 11.9. The van der Waals surface area contributed by atoms with Crippen LogP contribution in [0.15, 0.2) is 12.1 Å². The number of rotatable bonds is 1. The number of aryl methyl sites for hydroxylation is 1. The Kier molecular flexibility index (Phi) is 3.22. The average Bonchev–Trinajstić information content (AvgIpc) is 2.53. The highest BCUT2D eigenvalue weighted by Gasteiger charge is 2.32. The van der Waals surface area contributed by atoms with E-state index in [0.29, 0.717) is 18.0 Å². The second-order valence-corrected chi connectivity index (χ2v) is 5.51. The van der Waals surface area contributed by atoms with Gasteiger partial charge in [0.2, 0.25) is 5.91 Å². The smallest absolute Gasteiger partial charge is 0.228 e. The molecule has 1 saturated heterocycles. The minimum atomic E-state index is -0.453. The fraction of sp³-hybridized carbons (Fsp3) is 0.364. The molecule has 1 aromatic carbocycles. The summed E-state index contributed by atoms with van der Waals surface area (Å²) in [6.45, 7) is 2.25. The van der Waals surface area contributed by atoms with Gasteiger partial charge in [-0.2, -0.15) is 0 Å². The molecule has 0 radical (unpaired) electrons. The molecule has 1 unspecified atom stereocenters. The molecule has 2 rings (SSSR count). The Hall–Kier alpha value is -0.610. The van der Waals surface area contributed by atoms with Crippen LogP contribution in [0.4, 0.5) is 10.1 Å². The first-order valence-corrected chi connectivity index (χ1v) is 6.19. The van der Waals surface area contributed by atoms with E-state index in [-0.39, 0.29) is 16.4 Å². The fourth-order valence-electron chi connectivity index (χ4n) is 1.77. The zero-order valence-corrected chi connectivity index (χ0v) is 11.0. The van der Waals surface area contributed by atoms with E-state index in [1.807, 2.05) is 0 Å². The van der Waals surface area contributed by atoms with Crippen LogP contribution < -0.4 is 4.90 Å². The molecule has 1 aliphatic rings. The summed E-state index contributed by atoms with van der Waals surface area (Å²) >= 11 is 9.40. The predicted molar refractivity (Wildman–Crippen MR) is 65.8 cm³/mol. The standard InChI is InChI=1S/C11H10BrClFNO/c1-6-2-3-8(14)11(10(6)13)15-5-7(12)4-9(15)16/h2-3,7H,4-5H2,1H3. The molecule has 16 heavy (non-hydrogen) atoms. The number of nitrogens with zero attached hydrogens (tertiary/aromatic N) is 1. The Labute approximate surface area is 107 Å². The number of benzene rings is 1. The van der Waals surface area contributed by atoms with Gasteiger partial charge in [-0.3, -0.25) is 4.79 Å². The molecule has 0 saturated carbocycles. The van der Waals surface area contributed by atoms with E-state index in [9.17, 15) is 9.18 Å². The van der Waals surface area contributed by atoms with E-state index < -0.39 is 5.82 Å². The van der Waals surface area contributed by atoms with Gasteiger partial charge in [0.25, 0.3) is 0 Å². The number of carbonyl (C=O) groups is 1. The second kappa shape index (κ2) is 4.34. The molecule has 0 N–H and O–H groups in total. The summed E-state index contributed by atoms with van der Waals surface area (Å²) in [7, 11) is 0. The van der Waals surface area contributed by atoms with Crippen molar-refractivity contribution >= 4 is 39.1 Å². The summed E-state index contributed by atoms with van der Waals surface area (Å²) in [5.74, 6) is -0.557. The highest BCUT2D eigenvalue weighted by molar-refractivity contribution is 9.09. The number of alkyl halides is 1.